The third-order valence-electron chi connectivity index (χ3n) is 5.14. The van der Waals surface area contributed by atoms with Gasteiger partial charge in [-0.2, -0.15) is 0 Å². The molecule has 0 radical (unpaired) electrons. The molecule has 1 amide bonds. The number of methoxy groups -OCH3 is 1. The van der Waals surface area contributed by atoms with Gasteiger partial charge in [-0.15, -0.1) is 0 Å². The fourth-order valence-electron chi connectivity index (χ4n) is 3.88. The van der Waals surface area contributed by atoms with Crippen molar-refractivity contribution < 1.29 is 14.3 Å². The number of fused-ring (bicyclic) bond motifs is 3. The van der Waals surface area contributed by atoms with Crippen molar-refractivity contribution in [2.75, 3.05) is 7.11 Å². The number of carbonyl (C=O) groups is 2. The number of carbonyl (C=O) groups excluding carboxylic acids is 2. The highest BCUT2D eigenvalue weighted by Crippen LogP contribution is 2.38. The summed E-state index contributed by atoms with van der Waals surface area (Å²) in [5, 5.41) is 1.09. The largest absolute Gasteiger partial charge is 0.467 e. The van der Waals surface area contributed by atoms with Crippen LogP contribution in [0.4, 0.5) is 0 Å². The smallest absolute Gasteiger partial charge is 0.328 e. The lowest BCUT2D eigenvalue weighted by Gasteiger charge is -2.39. The normalized spacial score (nSPS) is 19.2. The van der Waals surface area contributed by atoms with Gasteiger partial charge in [-0.25, -0.2) is 4.79 Å². The maximum Gasteiger partial charge on any atom is 0.328 e. The van der Waals surface area contributed by atoms with E-state index in [1.165, 1.54) is 7.11 Å². The summed E-state index contributed by atoms with van der Waals surface area (Å²) < 4.78 is 5.01. The highest BCUT2D eigenvalue weighted by Gasteiger charge is 2.41. The first-order chi connectivity index (χ1) is 12.6. The van der Waals surface area contributed by atoms with Crippen LogP contribution in [0.3, 0.4) is 0 Å². The van der Waals surface area contributed by atoms with Crippen LogP contribution >= 0.6 is 0 Å². The van der Waals surface area contributed by atoms with Crippen molar-refractivity contribution in [3.63, 3.8) is 0 Å². The molecule has 5 heteroatoms. The standard InChI is InChI=1S/C21H20N2O3/c1-13-19-16(15-10-6-7-11-17(15)22-19)12-18(21(25)26-2)23(13)20(24)14-8-4-3-5-9-14/h3-11,13,18,22H,12H2,1-2H3/t13-,18+/m0/s1. The van der Waals surface area contributed by atoms with Crippen LogP contribution in [-0.4, -0.2) is 34.9 Å². The van der Waals surface area contributed by atoms with E-state index in [0.29, 0.717) is 12.0 Å². The summed E-state index contributed by atoms with van der Waals surface area (Å²) in [4.78, 5) is 30.7. The average Bonchev–Trinajstić information content (AvgIpc) is 3.06. The molecular weight excluding hydrogens is 328 g/mol. The van der Waals surface area contributed by atoms with Gasteiger partial charge < -0.3 is 14.6 Å². The second-order valence-corrected chi connectivity index (χ2v) is 6.56. The lowest BCUT2D eigenvalue weighted by atomic mass is 9.91. The Bertz CT molecular complexity index is 977. The SMILES string of the molecule is COC(=O)[C@H]1Cc2c([nH]c3ccccc23)[C@H](C)N1C(=O)c1ccccc1. The van der Waals surface area contributed by atoms with E-state index >= 15 is 0 Å². The monoisotopic (exact) mass is 348 g/mol. The molecule has 2 aromatic carbocycles. The number of para-hydroxylation sites is 1. The van der Waals surface area contributed by atoms with Gasteiger partial charge in [0.25, 0.3) is 5.91 Å². The van der Waals surface area contributed by atoms with E-state index in [9.17, 15) is 9.59 Å². The van der Waals surface area contributed by atoms with Crippen molar-refractivity contribution in [1.82, 2.24) is 9.88 Å². The van der Waals surface area contributed by atoms with Gasteiger partial charge in [-0.3, -0.25) is 4.79 Å². The van der Waals surface area contributed by atoms with E-state index in [1.54, 1.807) is 17.0 Å². The van der Waals surface area contributed by atoms with Crippen LogP contribution in [0.15, 0.2) is 54.6 Å². The van der Waals surface area contributed by atoms with Crippen molar-refractivity contribution in [3.8, 4) is 0 Å². The van der Waals surface area contributed by atoms with Gasteiger partial charge in [0.1, 0.15) is 6.04 Å². The second-order valence-electron chi connectivity index (χ2n) is 6.56. The summed E-state index contributed by atoms with van der Waals surface area (Å²) in [6.45, 7) is 1.95. The molecule has 0 saturated carbocycles. The van der Waals surface area contributed by atoms with Gasteiger partial charge in [-0.05, 0) is 30.7 Å². The Morgan fingerprint density at radius 2 is 1.77 bits per heavy atom. The molecule has 0 fully saturated rings. The van der Waals surface area contributed by atoms with Crippen molar-refractivity contribution in [1.29, 1.82) is 0 Å². The third-order valence-corrected chi connectivity index (χ3v) is 5.14. The molecular formula is C21H20N2O3. The van der Waals surface area contributed by atoms with Crippen LogP contribution in [0, 0.1) is 0 Å². The molecule has 1 N–H and O–H groups in total. The predicted molar refractivity (Wildman–Crippen MR) is 98.8 cm³/mol. The minimum atomic E-state index is -0.644. The maximum atomic E-state index is 13.2. The summed E-state index contributed by atoms with van der Waals surface area (Å²) in [6, 6.07) is 16.1. The number of amides is 1. The Labute approximate surface area is 151 Å². The highest BCUT2D eigenvalue weighted by atomic mass is 16.5. The van der Waals surface area contributed by atoms with Crippen LogP contribution in [0.1, 0.15) is 34.6 Å². The van der Waals surface area contributed by atoms with Gasteiger partial charge >= 0.3 is 5.97 Å². The second kappa shape index (κ2) is 6.33. The maximum absolute atomic E-state index is 13.2. The zero-order valence-electron chi connectivity index (χ0n) is 14.7. The zero-order chi connectivity index (χ0) is 18.3. The molecule has 26 heavy (non-hydrogen) atoms. The quantitative estimate of drug-likeness (QED) is 0.721. The number of aromatic nitrogens is 1. The number of H-pyrrole nitrogens is 1. The van der Waals surface area contributed by atoms with Crippen molar-refractivity contribution >= 4 is 22.8 Å². The van der Waals surface area contributed by atoms with Crippen molar-refractivity contribution in [3.05, 3.63) is 71.4 Å². The van der Waals surface area contributed by atoms with Gasteiger partial charge in [0.2, 0.25) is 0 Å². The van der Waals surface area contributed by atoms with E-state index in [4.69, 9.17) is 4.74 Å². The topological polar surface area (TPSA) is 62.4 Å². The number of esters is 1. The number of nitrogens with zero attached hydrogens (tertiary/aromatic N) is 1. The molecule has 0 unspecified atom stereocenters. The number of rotatable bonds is 2. The summed E-state index contributed by atoms with van der Waals surface area (Å²) in [5.41, 5.74) is 3.64. The van der Waals surface area contributed by atoms with Gasteiger partial charge in [0.15, 0.2) is 0 Å². The number of hydrogen-bond donors (Lipinski definition) is 1. The number of hydrogen-bond acceptors (Lipinski definition) is 3. The molecule has 1 aromatic heterocycles. The van der Waals surface area contributed by atoms with Gasteiger partial charge in [0.05, 0.1) is 13.2 Å². The number of aromatic amines is 1. The minimum absolute atomic E-state index is 0.169. The van der Waals surface area contributed by atoms with Gasteiger partial charge in [-0.1, -0.05) is 36.4 Å². The molecule has 5 nitrogen and oxygen atoms in total. The lowest BCUT2D eigenvalue weighted by molar-refractivity contribution is -0.147. The molecule has 132 valence electrons. The molecule has 0 spiro atoms. The zero-order valence-corrected chi connectivity index (χ0v) is 14.7. The number of benzene rings is 2. The van der Waals surface area contributed by atoms with E-state index < -0.39 is 12.0 Å². The van der Waals surface area contributed by atoms with Crippen LogP contribution in [0.5, 0.6) is 0 Å². The van der Waals surface area contributed by atoms with Crippen LogP contribution in [-0.2, 0) is 16.0 Å². The fraction of sp³-hybridized carbons (Fsp3) is 0.238. The Hall–Kier alpha value is -3.08. The van der Waals surface area contributed by atoms with E-state index in [1.807, 2.05) is 49.4 Å². The van der Waals surface area contributed by atoms with E-state index in [2.05, 4.69) is 4.98 Å². The summed E-state index contributed by atoms with van der Waals surface area (Å²) in [7, 11) is 1.36. The molecule has 4 rings (SSSR count). The summed E-state index contributed by atoms with van der Waals surface area (Å²) >= 11 is 0. The summed E-state index contributed by atoms with van der Waals surface area (Å²) in [5.74, 6) is -0.560. The number of nitrogens with one attached hydrogen (secondary N) is 1. The summed E-state index contributed by atoms with van der Waals surface area (Å²) in [6.07, 6.45) is 0.439. The van der Waals surface area contributed by atoms with Crippen LogP contribution in [0.2, 0.25) is 0 Å². The molecule has 3 aromatic rings. The fourth-order valence-corrected chi connectivity index (χ4v) is 3.88. The Morgan fingerprint density at radius 1 is 1.08 bits per heavy atom. The molecule has 2 heterocycles. The predicted octanol–water partition coefficient (Wildman–Crippen LogP) is 3.47. The molecule has 0 bridgehead atoms. The van der Waals surface area contributed by atoms with Gasteiger partial charge in [0, 0.05) is 28.6 Å². The number of ether oxygens (including phenoxy) is 1. The van der Waals surface area contributed by atoms with Crippen LogP contribution in [0.25, 0.3) is 10.9 Å². The van der Waals surface area contributed by atoms with Crippen molar-refractivity contribution in [2.24, 2.45) is 0 Å². The highest BCUT2D eigenvalue weighted by molar-refractivity contribution is 5.98. The van der Waals surface area contributed by atoms with E-state index in [-0.39, 0.29) is 11.9 Å². The minimum Gasteiger partial charge on any atom is -0.467 e. The Kier molecular flexibility index (Phi) is 3.99. The first-order valence-electron chi connectivity index (χ1n) is 8.67. The first kappa shape index (κ1) is 16.4. The third kappa shape index (κ3) is 2.47. The Morgan fingerprint density at radius 3 is 2.50 bits per heavy atom. The molecule has 1 aliphatic rings. The first-order valence-corrected chi connectivity index (χ1v) is 8.67. The van der Waals surface area contributed by atoms with Crippen LogP contribution < -0.4 is 0 Å². The molecule has 0 aliphatic carbocycles. The molecule has 0 saturated heterocycles. The molecule has 2 atom stereocenters. The van der Waals surface area contributed by atoms with Crippen molar-refractivity contribution in [2.45, 2.75) is 25.4 Å². The van der Waals surface area contributed by atoms with E-state index in [0.717, 1.165) is 22.2 Å². The average molecular weight is 348 g/mol. The Balaban J connectivity index is 1.84. The lowest BCUT2D eigenvalue weighted by Crippen LogP contribution is -2.50. The molecule has 1 aliphatic heterocycles.